The largest absolute Gasteiger partial charge is 0.464 e. The lowest BCUT2D eigenvalue weighted by molar-refractivity contribution is -0.136. The minimum atomic E-state index is -0.914. The molecule has 1 aromatic heterocycles. The van der Waals surface area contributed by atoms with Crippen LogP contribution in [0.2, 0.25) is 0 Å². The van der Waals surface area contributed by atoms with E-state index in [1.165, 1.54) is 34.9 Å². The fourth-order valence-corrected chi connectivity index (χ4v) is 5.63. The Morgan fingerprint density at radius 1 is 0.881 bits per heavy atom. The number of benzene rings is 2. The first-order valence-corrected chi connectivity index (χ1v) is 14.6. The van der Waals surface area contributed by atoms with Gasteiger partial charge < -0.3 is 14.4 Å². The first-order valence-electron chi connectivity index (χ1n) is 13.8. The van der Waals surface area contributed by atoms with Gasteiger partial charge in [-0.3, -0.25) is 9.69 Å². The van der Waals surface area contributed by atoms with Crippen molar-refractivity contribution in [2.24, 2.45) is 0 Å². The first kappa shape index (κ1) is 31.0. The van der Waals surface area contributed by atoms with E-state index in [1.807, 2.05) is 36.4 Å². The number of rotatable bonds is 8. The molecule has 0 unspecified atom stereocenters. The SMILES string of the molecule is COC(=O)c1nccnc1SN(C(=O)OC(C)(C)C)[C@H](C)C(=O)N1CCN(C(c2ccccc2)c2ccccc2)CC1. The zero-order valence-electron chi connectivity index (χ0n) is 24.6. The predicted molar refractivity (Wildman–Crippen MR) is 160 cm³/mol. The van der Waals surface area contributed by atoms with E-state index >= 15 is 0 Å². The quantitative estimate of drug-likeness (QED) is 0.269. The second-order valence-corrected chi connectivity index (χ2v) is 11.8. The molecule has 11 heteroatoms. The summed E-state index contributed by atoms with van der Waals surface area (Å²) in [6.45, 7) is 9.19. The first-order chi connectivity index (χ1) is 20.1. The van der Waals surface area contributed by atoms with Gasteiger partial charge in [0.25, 0.3) is 0 Å². The van der Waals surface area contributed by atoms with Crippen LogP contribution in [0.3, 0.4) is 0 Å². The Labute approximate surface area is 251 Å². The maximum Gasteiger partial charge on any atom is 0.421 e. The molecule has 3 aromatic rings. The molecule has 0 radical (unpaired) electrons. The Hall–Kier alpha value is -3.96. The summed E-state index contributed by atoms with van der Waals surface area (Å²) in [5, 5.41) is 0.133. The summed E-state index contributed by atoms with van der Waals surface area (Å²) in [6.07, 6.45) is 2.05. The third-order valence-electron chi connectivity index (χ3n) is 6.73. The number of hydrogen-bond donors (Lipinski definition) is 0. The van der Waals surface area contributed by atoms with Gasteiger partial charge in [0.05, 0.1) is 13.2 Å². The van der Waals surface area contributed by atoms with Crippen molar-refractivity contribution >= 4 is 29.9 Å². The molecule has 1 fully saturated rings. The summed E-state index contributed by atoms with van der Waals surface area (Å²) in [4.78, 5) is 51.9. The van der Waals surface area contributed by atoms with E-state index in [0.29, 0.717) is 26.2 Å². The lowest BCUT2D eigenvalue weighted by atomic mass is 9.96. The average Bonchev–Trinajstić information content (AvgIpc) is 2.99. The molecule has 0 N–H and O–H groups in total. The number of nitrogens with zero attached hydrogens (tertiary/aromatic N) is 5. The molecule has 222 valence electrons. The van der Waals surface area contributed by atoms with E-state index in [4.69, 9.17) is 9.47 Å². The Morgan fingerprint density at radius 2 is 1.43 bits per heavy atom. The van der Waals surface area contributed by atoms with Gasteiger partial charge in [-0.1, -0.05) is 60.7 Å². The summed E-state index contributed by atoms with van der Waals surface area (Å²) >= 11 is 0.835. The van der Waals surface area contributed by atoms with E-state index in [0.717, 1.165) is 11.9 Å². The van der Waals surface area contributed by atoms with Gasteiger partial charge in [-0.05, 0) is 38.8 Å². The van der Waals surface area contributed by atoms with E-state index < -0.39 is 23.7 Å². The number of piperazine rings is 1. The molecule has 0 bridgehead atoms. The number of amides is 2. The molecule has 2 amide bonds. The van der Waals surface area contributed by atoms with Crippen LogP contribution in [0.25, 0.3) is 0 Å². The number of esters is 1. The molecule has 0 saturated carbocycles. The van der Waals surface area contributed by atoms with Crippen molar-refractivity contribution in [2.75, 3.05) is 33.3 Å². The van der Waals surface area contributed by atoms with Gasteiger partial charge in [0.2, 0.25) is 5.91 Å². The molecule has 0 aliphatic carbocycles. The van der Waals surface area contributed by atoms with Crippen molar-refractivity contribution in [2.45, 2.75) is 50.4 Å². The molecule has 1 aliphatic heterocycles. The molecule has 0 spiro atoms. The van der Waals surface area contributed by atoms with Crippen LogP contribution >= 0.6 is 11.9 Å². The van der Waals surface area contributed by atoms with Gasteiger partial charge in [-0.2, -0.15) is 0 Å². The van der Waals surface area contributed by atoms with Crippen LogP contribution in [0.1, 0.15) is 55.4 Å². The van der Waals surface area contributed by atoms with Crippen molar-refractivity contribution < 1.29 is 23.9 Å². The zero-order valence-corrected chi connectivity index (χ0v) is 25.4. The summed E-state index contributed by atoms with van der Waals surface area (Å²) in [5.74, 6) is -0.927. The minimum absolute atomic E-state index is 0.0558. The lowest BCUT2D eigenvalue weighted by Gasteiger charge is -2.41. The Balaban J connectivity index is 1.52. The maximum atomic E-state index is 13.8. The monoisotopic (exact) mass is 591 g/mol. The van der Waals surface area contributed by atoms with Gasteiger partial charge in [0, 0.05) is 50.5 Å². The van der Waals surface area contributed by atoms with Crippen molar-refractivity contribution in [3.05, 3.63) is 89.9 Å². The maximum absolute atomic E-state index is 13.8. The van der Waals surface area contributed by atoms with E-state index in [2.05, 4.69) is 39.1 Å². The molecule has 1 saturated heterocycles. The van der Waals surface area contributed by atoms with E-state index in [9.17, 15) is 14.4 Å². The summed E-state index contributed by atoms with van der Waals surface area (Å²) < 4.78 is 11.7. The summed E-state index contributed by atoms with van der Waals surface area (Å²) in [6, 6.07) is 19.8. The van der Waals surface area contributed by atoms with Gasteiger partial charge in [0.1, 0.15) is 11.6 Å². The van der Waals surface area contributed by atoms with Crippen LogP contribution in [-0.2, 0) is 14.3 Å². The molecule has 2 aromatic carbocycles. The molecule has 1 aliphatic rings. The van der Waals surface area contributed by atoms with Crippen molar-refractivity contribution in [3.8, 4) is 0 Å². The second kappa shape index (κ2) is 13.8. The number of hydrogen-bond acceptors (Lipinski definition) is 9. The average molecular weight is 592 g/mol. The zero-order chi connectivity index (χ0) is 30.3. The molecule has 1 atom stereocenters. The highest BCUT2D eigenvalue weighted by Gasteiger charge is 2.37. The van der Waals surface area contributed by atoms with Crippen LogP contribution in [0.15, 0.2) is 78.1 Å². The summed E-state index contributed by atoms with van der Waals surface area (Å²) in [5.41, 5.74) is 1.52. The second-order valence-electron chi connectivity index (χ2n) is 10.9. The molecule has 10 nitrogen and oxygen atoms in total. The number of carbonyl (C=O) groups excluding carboxylic acids is 3. The third kappa shape index (κ3) is 7.65. The highest BCUT2D eigenvalue weighted by molar-refractivity contribution is 7.97. The fourth-order valence-electron chi connectivity index (χ4n) is 4.75. The smallest absolute Gasteiger partial charge is 0.421 e. The minimum Gasteiger partial charge on any atom is -0.464 e. The Morgan fingerprint density at radius 3 is 1.95 bits per heavy atom. The van der Waals surface area contributed by atoms with Crippen LogP contribution in [-0.4, -0.2) is 87.0 Å². The number of aromatic nitrogens is 2. The van der Waals surface area contributed by atoms with Crippen molar-refractivity contribution in [1.82, 2.24) is 24.1 Å². The number of methoxy groups -OCH3 is 1. The topological polar surface area (TPSA) is 105 Å². The number of carbonyl (C=O) groups is 3. The highest BCUT2D eigenvalue weighted by Crippen LogP contribution is 2.31. The third-order valence-corrected chi connectivity index (χ3v) is 7.87. The van der Waals surface area contributed by atoms with E-state index in [1.54, 1.807) is 32.6 Å². The standard InChI is InChI=1S/C31H37N5O5S/c1-22(36(30(39)41-31(2,3)4)42-27-25(29(38)40-5)32-16-17-33-27)28(37)35-20-18-34(19-21-35)26(23-12-8-6-9-13-23)24-14-10-7-11-15-24/h6-17,22,26H,18-21H2,1-5H3/t22-/m1/s1. The van der Waals surface area contributed by atoms with Gasteiger partial charge in [-0.25, -0.2) is 23.9 Å². The van der Waals surface area contributed by atoms with Crippen LogP contribution in [0, 0.1) is 0 Å². The predicted octanol–water partition coefficient (Wildman–Crippen LogP) is 4.83. The number of ether oxygens (including phenoxy) is 2. The Kier molecular flexibility index (Phi) is 10.2. The molecular weight excluding hydrogens is 554 g/mol. The van der Waals surface area contributed by atoms with Gasteiger partial charge in [0.15, 0.2) is 10.7 Å². The summed E-state index contributed by atoms with van der Waals surface area (Å²) in [7, 11) is 1.24. The Bertz CT molecular complexity index is 1320. The highest BCUT2D eigenvalue weighted by atomic mass is 32.2. The molecule has 42 heavy (non-hydrogen) atoms. The van der Waals surface area contributed by atoms with Gasteiger partial charge >= 0.3 is 12.1 Å². The molecule has 4 rings (SSSR count). The normalized spacial score (nSPS) is 14.8. The molecule has 2 heterocycles. The van der Waals surface area contributed by atoms with E-state index in [-0.39, 0.29) is 22.7 Å². The van der Waals surface area contributed by atoms with Crippen LogP contribution < -0.4 is 0 Å². The lowest BCUT2D eigenvalue weighted by Crippen LogP contribution is -2.54. The van der Waals surface area contributed by atoms with Crippen LogP contribution in [0.5, 0.6) is 0 Å². The molecular formula is C31H37N5O5S. The van der Waals surface area contributed by atoms with Gasteiger partial charge in [-0.15, -0.1) is 0 Å². The fraction of sp³-hybridized carbons (Fsp3) is 0.387. The van der Waals surface area contributed by atoms with Crippen LogP contribution in [0.4, 0.5) is 4.79 Å². The van der Waals surface area contributed by atoms with Crippen molar-refractivity contribution in [3.63, 3.8) is 0 Å². The van der Waals surface area contributed by atoms with Crippen molar-refractivity contribution in [1.29, 1.82) is 0 Å².